The van der Waals surface area contributed by atoms with Crippen LogP contribution in [0.25, 0.3) is 0 Å². The molecular weight excluding hydrogens is 318 g/mol. The summed E-state index contributed by atoms with van der Waals surface area (Å²) in [6.07, 6.45) is -3.88. The number of aromatic nitrogens is 2. The zero-order valence-electron chi connectivity index (χ0n) is 9.55. The molecule has 20 heavy (non-hydrogen) atoms. The summed E-state index contributed by atoms with van der Waals surface area (Å²) in [5.41, 5.74) is -2.50. The van der Waals surface area contributed by atoms with Crippen molar-refractivity contribution in [1.82, 2.24) is 10.2 Å². The highest BCUT2D eigenvalue weighted by Gasteiger charge is 2.36. The van der Waals surface area contributed by atoms with Crippen LogP contribution in [-0.4, -0.2) is 16.4 Å². The Morgan fingerprint density at radius 1 is 1.10 bits per heavy atom. The predicted octanol–water partition coefficient (Wildman–Crippen LogP) is 3.78. The molecule has 1 aromatic carbocycles. The molecule has 2 N–H and O–H groups in total. The molecule has 0 unspecified atom stereocenters. The van der Waals surface area contributed by atoms with Crippen LogP contribution in [0.15, 0.2) is 28.0 Å². The quantitative estimate of drug-likeness (QED) is 0.812. The van der Waals surface area contributed by atoms with Gasteiger partial charge in [-0.2, -0.15) is 13.2 Å². The summed E-state index contributed by atoms with van der Waals surface area (Å²) in [4.78, 5) is 15.1. The van der Waals surface area contributed by atoms with E-state index in [-0.39, 0.29) is 15.7 Å². The number of aromatic amines is 2. The van der Waals surface area contributed by atoms with E-state index in [4.69, 9.17) is 23.2 Å². The molecule has 0 fully saturated rings. The van der Waals surface area contributed by atoms with E-state index >= 15 is 0 Å². The van der Waals surface area contributed by atoms with Crippen molar-refractivity contribution in [3.05, 3.63) is 49.9 Å². The maximum absolute atomic E-state index is 12.6. The Bertz CT molecular complexity index is 698. The molecule has 9 heteroatoms. The Morgan fingerprint density at radius 2 is 1.70 bits per heavy atom. The largest absolute Gasteiger partial charge is 0.433 e. The Labute approximate surface area is 120 Å². The van der Waals surface area contributed by atoms with E-state index in [1.54, 1.807) is 5.10 Å². The molecule has 0 aliphatic heterocycles. The standard InChI is InChI=1S/C11H6Cl2F3N3O/c12-5-1-6(13)3-7(2-5)17-4-8-9(11(14,15)16)18-19-10(8)20/h1-4H,(H2,18,19,20). The number of hydrogen-bond acceptors (Lipinski definition) is 2. The number of alkyl halides is 3. The highest BCUT2D eigenvalue weighted by atomic mass is 35.5. The molecule has 0 atom stereocenters. The van der Waals surface area contributed by atoms with Crippen LogP contribution in [0.4, 0.5) is 18.9 Å². The van der Waals surface area contributed by atoms with Crippen molar-refractivity contribution in [1.29, 1.82) is 0 Å². The number of nitrogens with zero attached hydrogens (tertiary/aromatic N) is 1. The van der Waals surface area contributed by atoms with Gasteiger partial charge in [0.25, 0.3) is 5.56 Å². The van der Waals surface area contributed by atoms with Crippen LogP contribution in [0.5, 0.6) is 0 Å². The fourth-order valence-electron chi connectivity index (χ4n) is 1.47. The van der Waals surface area contributed by atoms with Gasteiger partial charge in [0.1, 0.15) is 0 Å². The van der Waals surface area contributed by atoms with E-state index in [9.17, 15) is 18.0 Å². The second-order valence-electron chi connectivity index (χ2n) is 3.75. The number of H-pyrrole nitrogens is 2. The van der Waals surface area contributed by atoms with Gasteiger partial charge in [-0.25, -0.2) is 0 Å². The summed E-state index contributed by atoms with van der Waals surface area (Å²) in [7, 11) is 0. The Kier molecular flexibility index (Phi) is 3.92. The van der Waals surface area contributed by atoms with Gasteiger partial charge in [-0.05, 0) is 18.2 Å². The van der Waals surface area contributed by atoms with Crippen LogP contribution in [0.1, 0.15) is 11.3 Å². The monoisotopic (exact) mass is 323 g/mol. The molecule has 0 spiro atoms. The molecule has 0 saturated carbocycles. The van der Waals surface area contributed by atoms with Crippen LogP contribution < -0.4 is 5.56 Å². The molecule has 0 amide bonds. The third-order valence-electron chi connectivity index (χ3n) is 2.29. The lowest BCUT2D eigenvalue weighted by Gasteiger charge is -2.03. The van der Waals surface area contributed by atoms with Crippen molar-refractivity contribution >= 4 is 35.1 Å². The molecule has 0 radical (unpaired) electrons. The van der Waals surface area contributed by atoms with E-state index in [0.29, 0.717) is 0 Å². The van der Waals surface area contributed by atoms with Crippen LogP contribution in [0, 0.1) is 0 Å². The molecule has 0 bridgehead atoms. The number of rotatable bonds is 2. The van der Waals surface area contributed by atoms with Gasteiger partial charge in [-0.1, -0.05) is 23.2 Å². The molecule has 0 aliphatic carbocycles. The summed E-state index contributed by atoms with van der Waals surface area (Å²) in [5.74, 6) is 0. The fourth-order valence-corrected chi connectivity index (χ4v) is 1.98. The Hall–Kier alpha value is -1.73. The van der Waals surface area contributed by atoms with Gasteiger partial charge in [0.05, 0.1) is 11.3 Å². The minimum Gasteiger partial charge on any atom is -0.293 e. The molecule has 2 aromatic rings. The molecule has 2 rings (SSSR count). The smallest absolute Gasteiger partial charge is 0.293 e. The zero-order chi connectivity index (χ0) is 14.9. The highest BCUT2D eigenvalue weighted by Crippen LogP contribution is 2.29. The first-order chi connectivity index (χ1) is 9.27. The number of halogens is 5. The van der Waals surface area contributed by atoms with Crippen molar-refractivity contribution in [3.8, 4) is 0 Å². The third kappa shape index (κ3) is 3.23. The van der Waals surface area contributed by atoms with Gasteiger partial charge in [-0.15, -0.1) is 0 Å². The molecule has 1 aromatic heterocycles. The van der Waals surface area contributed by atoms with Crippen molar-refractivity contribution in [2.24, 2.45) is 4.99 Å². The van der Waals surface area contributed by atoms with Crippen molar-refractivity contribution in [3.63, 3.8) is 0 Å². The SMILES string of the molecule is O=c1[nH][nH]c(C(F)(F)F)c1C=Nc1cc(Cl)cc(Cl)c1. The lowest BCUT2D eigenvalue weighted by molar-refractivity contribution is -0.141. The molecule has 0 saturated heterocycles. The lowest BCUT2D eigenvalue weighted by atomic mass is 10.2. The van der Waals surface area contributed by atoms with Crippen LogP contribution in [0.3, 0.4) is 0 Å². The summed E-state index contributed by atoms with van der Waals surface area (Å²) in [6.45, 7) is 0. The van der Waals surface area contributed by atoms with Gasteiger partial charge in [0, 0.05) is 16.3 Å². The van der Waals surface area contributed by atoms with Gasteiger partial charge in [0.2, 0.25) is 0 Å². The average molecular weight is 324 g/mol. The summed E-state index contributed by atoms with van der Waals surface area (Å²) in [6, 6.07) is 4.25. The lowest BCUT2D eigenvalue weighted by Crippen LogP contribution is -2.12. The first-order valence-electron chi connectivity index (χ1n) is 5.15. The van der Waals surface area contributed by atoms with Crippen molar-refractivity contribution in [2.45, 2.75) is 6.18 Å². The predicted molar refractivity (Wildman–Crippen MR) is 70.1 cm³/mol. The maximum atomic E-state index is 12.6. The van der Waals surface area contributed by atoms with Crippen molar-refractivity contribution in [2.75, 3.05) is 0 Å². The van der Waals surface area contributed by atoms with Crippen LogP contribution in [0.2, 0.25) is 10.0 Å². The average Bonchev–Trinajstić information content (AvgIpc) is 2.66. The zero-order valence-corrected chi connectivity index (χ0v) is 11.1. The third-order valence-corrected chi connectivity index (χ3v) is 2.72. The van der Waals surface area contributed by atoms with Crippen LogP contribution >= 0.6 is 23.2 Å². The highest BCUT2D eigenvalue weighted by molar-refractivity contribution is 6.35. The first-order valence-corrected chi connectivity index (χ1v) is 5.91. The van der Waals surface area contributed by atoms with Crippen molar-refractivity contribution < 1.29 is 13.2 Å². The van der Waals surface area contributed by atoms with Gasteiger partial charge >= 0.3 is 6.18 Å². The van der Waals surface area contributed by atoms with Crippen LogP contribution in [-0.2, 0) is 6.18 Å². The molecule has 1 heterocycles. The number of nitrogens with one attached hydrogen (secondary N) is 2. The second-order valence-corrected chi connectivity index (χ2v) is 4.62. The van der Waals surface area contributed by atoms with E-state index in [1.165, 1.54) is 18.2 Å². The molecule has 0 aliphatic rings. The maximum Gasteiger partial charge on any atom is 0.433 e. The van der Waals surface area contributed by atoms with E-state index < -0.39 is 23.0 Å². The molecular formula is C11H6Cl2F3N3O. The fraction of sp³-hybridized carbons (Fsp3) is 0.0909. The Balaban J connectivity index is 2.42. The molecule has 4 nitrogen and oxygen atoms in total. The van der Waals surface area contributed by atoms with Gasteiger partial charge in [0.15, 0.2) is 5.69 Å². The number of aliphatic imine (C=N–C) groups is 1. The van der Waals surface area contributed by atoms with E-state index in [2.05, 4.69) is 4.99 Å². The van der Waals surface area contributed by atoms with Gasteiger partial charge < -0.3 is 0 Å². The topological polar surface area (TPSA) is 61.0 Å². The summed E-state index contributed by atoms with van der Waals surface area (Å²) >= 11 is 11.5. The van der Waals surface area contributed by atoms with E-state index in [1.807, 2.05) is 5.10 Å². The number of hydrogen-bond donors (Lipinski definition) is 2. The van der Waals surface area contributed by atoms with Gasteiger partial charge in [-0.3, -0.25) is 20.0 Å². The van der Waals surface area contributed by atoms with E-state index in [0.717, 1.165) is 6.21 Å². The Morgan fingerprint density at radius 3 is 2.25 bits per heavy atom. The normalized spacial score (nSPS) is 12.2. The minimum atomic E-state index is -4.69. The summed E-state index contributed by atoms with van der Waals surface area (Å²) in [5, 5.41) is 4.19. The number of benzene rings is 1. The molecule has 106 valence electrons. The summed E-state index contributed by atoms with van der Waals surface area (Å²) < 4.78 is 37.9. The second kappa shape index (κ2) is 5.34. The minimum absolute atomic E-state index is 0.233. The first kappa shape index (κ1) is 14.7.